The monoisotopic (exact) mass is 326 g/mol. The van der Waals surface area contributed by atoms with Crippen molar-refractivity contribution >= 4 is 10.2 Å². The first-order valence-corrected chi connectivity index (χ1v) is 9.11. The highest BCUT2D eigenvalue weighted by molar-refractivity contribution is 7.86. The first-order valence-electron chi connectivity index (χ1n) is 7.72. The maximum atomic E-state index is 12.8. The van der Waals surface area contributed by atoms with E-state index in [0.717, 1.165) is 30.4 Å². The minimum absolute atomic E-state index is 0.0633. The van der Waals surface area contributed by atoms with Crippen LogP contribution in [0.2, 0.25) is 0 Å². The van der Waals surface area contributed by atoms with Gasteiger partial charge in [0.05, 0.1) is 6.61 Å². The predicted octanol–water partition coefficient (Wildman–Crippen LogP) is 1.10. The second-order valence-corrected chi connectivity index (χ2v) is 7.68. The van der Waals surface area contributed by atoms with Crippen LogP contribution in [0.5, 0.6) is 5.75 Å². The van der Waals surface area contributed by atoms with Crippen LogP contribution in [0.1, 0.15) is 30.4 Å². The van der Waals surface area contributed by atoms with Gasteiger partial charge in [-0.3, -0.25) is 0 Å². The molecule has 0 aliphatic carbocycles. The van der Waals surface area contributed by atoms with E-state index in [4.69, 9.17) is 4.74 Å². The fraction of sp³-hybridized carbons (Fsp3) is 0.600. The zero-order valence-electron chi connectivity index (χ0n) is 12.6. The van der Waals surface area contributed by atoms with E-state index in [-0.39, 0.29) is 6.61 Å². The third-order valence-electron chi connectivity index (χ3n) is 4.22. The van der Waals surface area contributed by atoms with Crippen molar-refractivity contribution in [2.75, 3.05) is 26.2 Å². The fourth-order valence-electron chi connectivity index (χ4n) is 2.98. The molecule has 2 aliphatic heterocycles. The summed E-state index contributed by atoms with van der Waals surface area (Å²) in [6.45, 7) is 2.13. The molecule has 6 nitrogen and oxygen atoms in total. The van der Waals surface area contributed by atoms with Gasteiger partial charge in [0.2, 0.25) is 0 Å². The fourth-order valence-corrected chi connectivity index (χ4v) is 4.63. The first-order chi connectivity index (χ1) is 10.6. The number of ether oxygens (including phenoxy) is 1. The number of benzene rings is 1. The Labute approximate surface area is 131 Å². The number of fused-ring (bicyclic) bond motifs is 1. The van der Waals surface area contributed by atoms with Gasteiger partial charge in [-0.2, -0.15) is 17.0 Å². The number of nitrogens with zero attached hydrogens (tertiary/aromatic N) is 2. The largest absolute Gasteiger partial charge is 0.492 e. The molecular formula is C15H22N2O4S. The first kappa shape index (κ1) is 15.7. The van der Waals surface area contributed by atoms with Crippen molar-refractivity contribution in [2.45, 2.75) is 32.4 Å². The molecule has 1 aromatic carbocycles. The third-order valence-corrected chi connectivity index (χ3v) is 6.20. The van der Waals surface area contributed by atoms with Crippen molar-refractivity contribution < 1.29 is 18.3 Å². The van der Waals surface area contributed by atoms with Crippen molar-refractivity contribution in [3.63, 3.8) is 0 Å². The third kappa shape index (κ3) is 3.12. The van der Waals surface area contributed by atoms with E-state index in [9.17, 15) is 13.5 Å². The van der Waals surface area contributed by atoms with Gasteiger partial charge in [-0.1, -0.05) is 12.5 Å². The Bertz CT molecular complexity index is 626. The quantitative estimate of drug-likeness (QED) is 0.903. The molecule has 7 heteroatoms. The van der Waals surface area contributed by atoms with Crippen LogP contribution in [0, 0.1) is 0 Å². The van der Waals surface area contributed by atoms with Gasteiger partial charge in [-0.15, -0.1) is 0 Å². The van der Waals surface area contributed by atoms with Crippen LogP contribution in [0.25, 0.3) is 0 Å². The number of rotatable bonds is 3. The average Bonchev–Trinajstić information content (AvgIpc) is 2.77. The Morgan fingerprint density at radius 3 is 2.59 bits per heavy atom. The van der Waals surface area contributed by atoms with Crippen molar-refractivity contribution in [3.05, 3.63) is 29.3 Å². The lowest BCUT2D eigenvalue weighted by Gasteiger charge is -2.31. The zero-order valence-corrected chi connectivity index (χ0v) is 13.4. The lowest BCUT2D eigenvalue weighted by molar-refractivity contribution is 0.268. The number of aliphatic hydroxyl groups is 1. The van der Waals surface area contributed by atoms with Crippen LogP contribution in [0.3, 0.4) is 0 Å². The van der Waals surface area contributed by atoms with Crippen LogP contribution in [-0.4, -0.2) is 48.4 Å². The number of piperidine rings is 1. The molecule has 1 fully saturated rings. The van der Waals surface area contributed by atoms with Gasteiger partial charge < -0.3 is 9.84 Å². The summed E-state index contributed by atoms with van der Waals surface area (Å²) in [6.07, 6.45) is 2.95. The molecular weight excluding hydrogens is 304 g/mol. The summed E-state index contributed by atoms with van der Waals surface area (Å²) >= 11 is 0. The maximum Gasteiger partial charge on any atom is 0.282 e. The summed E-state index contributed by atoms with van der Waals surface area (Å²) in [5.41, 5.74) is 1.57. The van der Waals surface area contributed by atoms with Crippen molar-refractivity contribution in [1.29, 1.82) is 0 Å². The van der Waals surface area contributed by atoms with Crippen molar-refractivity contribution in [3.8, 4) is 5.75 Å². The second kappa shape index (κ2) is 6.54. The Balaban J connectivity index is 1.85. The van der Waals surface area contributed by atoms with Crippen LogP contribution in [0.4, 0.5) is 0 Å². The second-order valence-electron chi connectivity index (χ2n) is 5.75. The zero-order chi connectivity index (χ0) is 15.6. The van der Waals surface area contributed by atoms with Crippen molar-refractivity contribution in [2.24, 2.45) is 0 Å². The van der Waals surface area contributed by atoms with E-state index in [0.29, 0.717) is 38.5 Å². The van der Waals surface area contributed by atoms with Gasteiger partial charge in [0.25, 0.3) is 10.2 Å². The summed E-state index contributed by atoms with van der Waals surface area (Å²) in [5, 5.41) is 9.26. The Morgan fingerprint density at radius 2 is 1.86 bits per heavy atom. The van der Waals surface area contributed by atoms with E-state index in [1.165, 1.54) is 4.31 Å². The van der Waals surface area contributed by atoms with Crippen LogP contribution >= 0.6 is 0 Å². The lowest BCUT2D eigenvalue weighted by Crippen LogP contribution is -2.46. The molecule has 22 heavy (non-hydrogen) atoms. The van der Waals surface area contributed by atoms with E-state index in [1.807, 2.05) is 6.07 Å². The molecule has 1 saturated heterocycles. The lowest BCUT2D eigenvalue weighted by atomic mass is 10.1. The smallest absolute Gasteiger partial charge is 0.282 e. The molecule has 2 aliphatic rings. The molecule has 0 spiro atoms. The van der Waals surface area contributed by atoms with E-state index >= 15 is 0 Å². The van der Waals surface area contributed by atoms with Gasteiger partial charge >= 0.3 is 0 Å². The summed E-state index contributed by atoms with van der Waals surface area (Å²) in [6, 6.07) is 5.42. The van der Waals surface area contributed by atoms with Gasteiger partial charge in [0.15, 0.2) is 0 Å². The topological polar surface area (TPSA) is 70.1 Å². The molecule has 0 amide bonds. The summed E-state index contributed by atoms with van der Waals surface area (Å²) in [4.78, 5) is 0. The molecule has 0 atom stereocenters. The summed E-state index contributed by atoms with van der Waals surface area (Å²) in [7, 11) is -3.45. The summed E-state index contributed by atoms with van der Waals surface area (Å²) < 4.78 is 34.3. The normalized spacial score (nSPS) is 21.0. The minimum atomic E-state index is -3.45. The van der Waals surface area contributed by atoms with E-state index in [2.05, 4.69) is 0 Å². The molecule has 0 aromatic heterocycles. The van der Waals surface area contributed by atoms with Crippen LogP contribution < -0.4 is 4.74 Å². The summed E-state index contributed by atoms with van der Waals surface area (Å²) in [5.74, 6) is 0.702. The van der Waals surface area contributed by atoms with Gasteiger partial charge in [0.1, 0.15) is 12.4 Å². The van der Waals surface area contributed by atoms with Gasteiger partial charge in [0, 0.05) is 31.7 Å². The highest BCUT2D eigenvalue weighted by atomic mass is 32.2. The highest BCUT2D eigenvalue weighted by Gasteiger charge is 2.32. The Kier molecular flexibility index (Phi) is 4.67. The van der Waals surface area contributed by atoms with Crippen LogP contribution in [-0.2, 0) is 23.4 Å². The molecule has 1 aromatic rings. The molecule has 0 radical (unpaired) electrons. The van der Waals surface area contributed by atoms with Crippen molar-refractivity contribution in [1.82, 2.24) is 8.61 Å². The number of aliphatic hydroxyl groups excluding tert-OH is 1. The highest BCUT2D eigenvalue weighted by Crippen LogP contribution is 2.27. The SMILES string of the molecule is O=S(=O)(N1CCCCC1)N1CCOc2ccc(CO)cc2C1. The molecule has 0 saturated carbocycles. The van der Waals surface area contributed by atoms with Gasteiger partial charge in [-0.25, -0.2) is 0 Å². The molecule has 122 valence electrons. The van der Waals surface area contributed by atoms with E-state index in [1.54, 1.807) is 16.4 Å². The Morgan fingerprint density at radius 1 is 1.09 bits per heavy atom. The van der Waals surface area contributed by atoms with Gasteiger partial charge in [-0.05, 0) is 30.5 Å². The molecule has 0 unspecified atom stereocenters. The molecule has 0 bridgehead atoms. The number of hydrogen-bond acceptors (Lipinski definition) is 4. The molecule has 3 rings (SSSR count). The molecule has 1 N–H and O–H groups in total. The van der Waals surface area contributed by atoms with Crippen LogP contribution in [0.15, 0.2) is 18.2 Å². The maximum absolute atomic E-state index is 12.8. The number of hydrogen-bond donors (Lipinski definition) is 1. The Hall–Kier alpha value is -1.15. The minimum Gasteiger partial charge on any atom is -0.492 e. The average molecular weight is 326 g/mol. The standard InChI is InChI=1S/C15H22N2O4S/c18-12-13-4-5-15-14(10-13)11-17(8-9-21-15)22(19,20)16-6-2-1-3-7-16/h4-5,10,18H,1-3,6-9,11-12H2. The molecule has 2 heterocycles. The van der Waals surface area contributed by atoms with E-state index < -0.39 is 10.2 Å². The predicted molar refractivity (Wildman–Crippen MR) is 82.6 cm³/mol.